The van der Waals surface area contributed by atoms with Crippen molar-refractivity contribution in [3.63, 3.8) is 0 Å². The Hall–Kier alpha value is -2.49. The molecule has 2 aromatic carbocycles. The van der Waals surface area contributed by atoms with E-state index in [0.717, 1.165) is 46.1 Å². The Morgan fingerprint density at radius 1 is 0.867 bits per heavy atom. The van der Waals surface area contributed by atoms with Crippen molar-refractivity contribution in [2.24, 2.45) is 5.73 Å². The van der Waals surface area contributed by atoms with Crippen LogP contribution in [0.4, 0.5) is 0 Å². The van der Waals surface area contributed by atoms with E-state index in [4.69, 9.17) is 10.5 Å². The van der Waals surface area contributed by atoms with Crippen LogP contribution in [0.5, 0.6) is 5.75 Å². The summed E-state index contributed by atoms with van der Waals surface area (Å²) >= 11 is 0. The zero-order chi connectivity index (χ0) is 21.3. The van der Waals surface area contributed by atoms with Crippen LogP contribution in [0.15, 0.2) is 30.3 Å². The molecule has 0 saturated heterocycles. The maximum atomic E-state index is 11.5. The Morgan fingerprint density at radius 2 is 1.50 bits per heavy atom. The Morgan fingerprint density at radius 3 is 2.17 bits per heavy atom. The van der Waals surface area contributed by atoms with E-state index < -0.39 is 5.91 Å². The molecule has 3 aromatic rings. The number of nitrogens with one attached hydrogen (secondary N) is 1. The van der Waals surface area contributed by atoms with E-state index in [9.17, 15) is 4.79 Å². The Balaban J connectivity index is 1.48. The van der Waals surface area contributed by atoms with Crippen molar-refractivity contribution in [3.8, 4) is 5.75 Å². The number of hydrogen-bond donors (Lipinski definition) is 2. The average Bonchev–Trinajstić information content (AvgIpc) is 3.08. The first-order valence-electron chi connectivity index (χ1n) is 11.6. The Labute approximate surface area is 180 Å². The molecule has 1 aromatic heterocycles. The van der Waals surface area contributed by atoms with Crippen LogP contribution in [0.2, 0.25) is 0 Å². The summed E-state index contributed by atoms with van der Waals surface area (Å²) in [5, 5.41) is 2.11. The first-order chi connectivity index (χ1) is 14.6. The summed E-state index contributed by atoms with van der Waals surface area (Å²) in [6, 6.07) is 9.74. The number of benzene rings is 2. The number of fused-ring (bicyclic) bond motifs is 3. The smallest absolute Gasteiger partial charge is 0.248 e. The van der Waals surface area contributed by atoms with Gasteiger partial charge in [-0.15, -0.1) is 0 Å². The van der Waals surface area contributed by atoms with Crippen molar-refractivity contribution in [1.29, 1.82) is 0 Å². The summed E-state index contributed by atoms with van der Waals surface area (Å²) < 4.78 is 6.08. The molecule has 1 amide bonds. The number of amides is 1. The van der Waals surface area contributed by atoms with Crippen LogP contribution in [0.1, 0.15) is 87.1 Å². The highest BCUT2D eigenvalue weighted by Crippen LogP contribution is 2.31. The molecule has 30 heavy (non-hydrogen) atoms. The fourth-order valence-corrected chi connectivity index (χ4v) is 4.12. The van der Waals surface area contributed by atoms with Gasteiger partial charge in [0.25, 0.3) is 0 Å². The van der Waals surface area contributed by atoms with E-state index in [1.807, 2.05) is 12.1 Å². The minimum Gasteiger partial charge on any atom is -0.493 e. The van der Waals surface area contributed by atoms with E-state index in [-0.39, 0.29) is 0 Å². The number of rotatable bonds is 13. The number of nitrogens with two attached hydrogens (primary N) is 1. The highest BCUT2D eigenvalue weighted by molar-refractivity contribution is 6.10. The molecule has 0 bridgehead atoms. The van der Waals surface area contributed by atoms with Gasteiger partial charge >= 0.3 is 0 Å². The summed E-state index contributed by atoms with van der Waals surface area (Å²) in [6.45, 7) is 5.10. The maximum absolute atomic E-state index is 11.5. The van der Waals surface area contributed by atoms with Crippen LogP contribution in [0, 0.1) is 6.92 Å². The highest BCUT2D eigenvalue weighted by atomic mass is 16.5. The van der Waals surface area contributed by atoms with Gasteiger partial charge in [0.15, 0.2) is 0 Å². The van der Waals surface area contributed by atoms with Gasteiger partial charge in [-0.2, -0.15) is 0 Å². The monoisotopic (exact) mass is 408 g/mol. The second-order valence-electron chi connectivity index (χ2n) is 8.44. The number of aromatic nitrogens is 1. The number of H-pyrrole nitrogens is 1. The number of carbonyl (C=O) groups is 1. The number of aryl methyl sites for hydroxylation is 1. The first kappa shape index (κ1) is 22.2. The molecule has 4 heteroatoms. The van der Waals surface area contributed by atoms with E-state index in [1.165, 1.54) is 57.8 Å². The molecule has 0 fully saturated rings. The summed E-state index contributed by atoms with van der Waals surface area (Å²) in [5.74, 6) is 0.527. The van der Waals surface area contributed by atoms with E-state index >= 15 is 0 Å². The molecular formula is C26H36N2O2. The van der Waals surface area contributed by atoms with Gasteiger partial charge < -0.3 is 15.5 Å². The molecule has 0 atom stereocenters. The van der Waals surface area contributed by atoms with Crippen molar-refractivity contribution in [1.82, 2.24) is 4.98 Å². The average molecular weight is 409 g/mol. The van der Waals surface area contributed by atoms with Crippen LogP contribution < -0.4 is 10.5 Å². The van der Waals surface area contributed by atoms with Crippen LogP contribution in [-0.4, -0.2) is 17.5 Å². The number of carbonyl (C=O) groups excluding carboxylic acids is 1. The van der Waals surface area contributed by atoms with Gasteiger partial charge in [0, 0.05) is 27.9 Å². The fraction of sp³-hybridized carbons (Fsp3) is 0.500. The molecule has 1 heterocycles. The van der Waals surface area contributed by atoms with Gasteiger partial charge in [0.1, 0.15) is 5.75 Å². The molecule has 3 N–H and O–H groups in total. The number of aromatic amines is 1. The van der Waals surface area contributed by atoms with E-state index in [1.54, 1.807) is 6.07 Å². The minimum absolute atomic E-state index is 0.403. The summed E-state index contributed by atoms with van der Waals surface area (Å²) in [5.41, 5.74) is 9.10. The second-order valence-corrected chi connectivity index (χ2v) is 8.44. The van der Waals surface area contributed by atoms with Crippen LogP contribution in [-0.2, 0) is 0 Å². The normalized spacial score (nSPS) is 11.4. The molecule has 3 rings (SSSR count). The SMILES string of the molecule is CCCCCCCCCCCCOc1cc2[nH]c3ccc(C(N)=O)cc3c2cc1C. The third-order valence-electron chi connectivity index (χ3n) is 5.93. The van der Waals surface area contributed by atoms with Gasteiger partial charge in [0.2, 0.25) is 5.91 Å². The predicted octanol–water partition coefficient (Wildman–Crippen LogP) is 7.03. The quantitative estimate of drug-likeness (QED) is 0.298. The van der Waals surface area contributed by atoms with Crippen molar-refractivity contribution in [3.05, 3.63) is 41.5 Å². The summed E-state index contributed by atoms with van der Waals surface area (Å²) in [6.07, 6.45) is 13.3. The number of primary amides is 1. The largest absolute Gasteiger partial charge is 0.493 e. The molecule has 4 nitrogen and oxygen atoms in total. The molecule has 0 unspecified atom stereocenters. The standard InChI is InChI=1S/C26H36N2O2/c1-3-4-5-6-7-8-9-10-11-12-15-30-25-18-24-21(16-19(25)2)22-17-20(26(27)29)13-14-23(22)28-24/h13-14,16-18,28H,3-12,15H2,1-2H3,(H2,27,29). The van der Waals surface area contributed by atoms with Gasteiger partial charge in [0.05, 0.1) is 12.1 Å². The van der Waals surface area contributed by atoms with Gasteiger partial charge in [-0.3, -0.25) is 4.79 Å². The zero-order valence-electron chi connectivity index (χ0n) is 18.6. The number of ether oxygens (including phenoxy) is 1. The zero-order valence-corrected chi connectivity index (χ0v) is 18.6. The van der Waals surface area contributed by atoms with Gasteiger partial charge in [-0.05, 0) is 43.2 Å². The van der Waals surface area contributed by atoms with Crippen molar-refractivity contribution >= 4 is 27.7 Å². The van der Waals surface area contributed by atoms with Crippen LogP contribution >= 0.6 is 0 Å². The lowest BCUT2D eigenvalue weighted by Gasteiger charge is -2.09. The third kappa shape index (κ3) is 5.78. The topological polar surface area (TPSA) is 68.1 Å². The molecule has 0 saturated carbocycles. The molecular weight excluding hydrogens is 372 g/mol. The Bertz CT molecular complexity index is 974. The van der Waals surface area contributed by atoms with Crippen LogP contribution in [0.3, 0.4) is 0 Å². The summed E-state index contributed by atoms with van der Waals surface area (Å²) in [7, 11) is 0. The lowest BCUT2D eigenvalue weighted by atomic mass is 10.1. The minimum atomic E-state index is -0.403. The third-order valence-corrected chi connectivity index (χ3v) is 5.93. The maximum Gasteiger partial charge on any atom is 0.248 e. The highest BCUT2D eigenvalue weighted by Gasteiger charge is 2.10. The van der Waals surface area contributed by atoms with E-state index in [0.29, 0.717) is 5.56 Å². The lowest BCUT2D eigenvalue weighted by Crippen LogP contribution is -2.10. The van der Waals surface area contributed by atoms with Crippen molar-refractivity contribution in [2.45, 2.75) is 78.1 Å². The van der Waals surface area contributed by atoms with E-state index in [2.05, 4.69) is 31.0 Å². The number of hydrogen-bond acceptors (Lipinski definition) is 2. The van der Waals surface area contributed by atoms with Crippen molar-refractivity contribution < 1.29 is 9.53 Å². The molecule has 0 aliphatic heterocycles. The first-order valence-corrected chi connectivity index (χ1v) is 11.6. The Kier molecular flexibility index (Phi) is 8.18. The molecule has 0 spiro atoms. The molecule has 162 valence electrons. The second kappa shape index (κ2) is 11.1. The van der Waals surface area contributed by atoms with Crippen LogP contribution in [0.25, 0.3) is 21.8 Å². The van der Waals surface area contributed by atoms with Gasteiger partial charge in [-0.1, -0.05) is 64.7 Å². The summed E-state index contributed by atoms with van der Waals surface area (Å²) in [4.78, 5) is 14.9. The predicted molar refractivity (Wildman–Crippen MR) is 126 cm³/mol. The molecule has 0 radical (unpaired) electrons. The lowest BCUT2D eigenvalue weighted by molar-refractivity contribution is 0.100. The number of unbranched alkanes of at least 4 members (excludes halogenated alkanes) is 9. The molecule has 0 aliphatic carbocycles. The van der Waals surface area contributed by atoms with Gasteiger partial charge in [-0.25, -0.2) is 0 Å². The fourth-order valence-electron chi connectivity index (χ4n) is 4.12. The van der Waals surface area contributed by atoms with Crippen molar-refractivity contribution in [2.75, 3.05) is 6.61 Å². The molecule has 0 aliphatic rings.